The molecule has 26 heavy (non-hydrogen) atoms. The van der Waals surface area contributed by atoms with Crippen LogP contribution in [0.4, 0.5) is 5.69 Å². The van der Waals surface area contributed by atoms with E-state index in [0.717, 1.165) is 16.9 Å². The number of hydrogen-bond donors (Lipinski definition) is 1. The predicted octanol–water partition coefficient (Wildman–Crippen LogP) is 5.90. The summed E-state index contributed by atoms with van der Waals surface area (Å²) in [5.74, 6) is 0.781. The third kappa shape index (κ3) is 4.89. The Morgan fingerprint density at radius 2 is 1.65 bits per heavy atom. The lowest BCUT2D eigenvalue weighted by atomic mass is 10.2. The van der Waals surface area contributed by atoms with E-state index in [-0.39, 0.29) is 0 Å². The van der Waals surface area contributed by atoms with Crippen LogP contribution in [0, 0.1) is 11.3 Å². The summed E-state index contributed by atoms with van der Waals surface area (Å²) in [5.41, 5.74) is 3.13. The molecule has 3 rings (SSSR count). The van der Waals surface area contributed by atoms with E-state index < -0.39 is 0 Å². The second-order valence-electron chi connectivity index (χ2n) is 5.62. The summed E-state index contributed by atoms with van der Waals surface area (Å²) < 4.78 is 5.77. The van der Waals surface area contributed by atoms with E-state index in [0.29, 0.717) is 23.0 Å². The monoisotopic (exact) mass is 360 g/mol. The van der Waals surface area contributed by atoms with Crippen molar-refractivity contribution < 1.29 is 4.74 Å². The van der Waals surface area contributed by atoms with Crippen molar-refractivity contribution in [3.8, 4) is 11.8 Å². The number of rotatable bonds is 6. The second-order valence-corrected chi connectivity index (χ2v) is 6.03. The van der Waals surface area contributed by atoms with Crippen LogP contribution in [-0.4, -0.2) is 0 Å². The fourth-order valence-corrected chi connectivity index (χ4v) is 2.55. The number of nitrogens with zero attached hydrogens (tertiary/aromatic N) is 1. The topological polar surface area (TPSA) is 45.0 Å². The van der Waals surface area contributed by atoms with Gasteiger partial charge in [-0.2, -0.15) is 5.26 Å². The van der Waals surface area contributed by atoms with Crippen LogP contribution < -0.4 is 10.1 Å². The lowest BCUT2D eigenvalue weighted by Crippen LogP contribution is -1.98. The van der Waals surface area contributed by atoms with Crippen LogP contribution in [0.3, 0.4) is 0 Å². The van der Waals surface area contributed by atoms with E-state index >= 15 is 0 Å². The van der Waals surface area contributed by atoms with Gasteiger partial charge in [0.05, 0.1) is 10.7 Å². The van der Waals surface area contributed by atoms with Gasteiger partial charge in [0.2, 0.25) is 0 Å². The Bertz CT molecular complexity index is 928. The number of ether oxygens (including phenoxy) is 1. The first-order valence-electron chi connectivity index (χ1n) is 8.15. The molecule has 0 aliphatic rings. The van der Waals surface area contributed by atoms with E-state index in [1.54, 1.807) is 12.1 Å². The molecule has 0 spiro atoms. The van der Waals surface area contributed by atoms with Gasteiger partial charge in [0, 0.05) is 0 Å². The van der Waals surface area contributed by atoms with Gasteiger partial charge in [-0.3, -0.25) is 0 Å². The third-order valence-electron chi connectivity index (χ3n) is 3.70. The maximum atomic E-state index is 9.36. The van der Waals surface area contributed by atoms with E-state index in [4.69, 9.17) is 16.3 Å². The predicted molar refractivity (Wildman–Crippen MR) is 106 cm³/mol. The van der Waals surface area contributed by atoms with Gasteiger partial charge in [-0.15, -0.1) is 0 Å². The molecule has 0 aromatic heterocycles. The molecule has 3 aromatic rings. The molecule has 128 valence electrons. The number of nitrogens with one attached hydrogen (secondary N) is 1. The fraction of sp³-hybridized carbons (Fsp3) is 0.0455. The fourth-order valence-electron chi connectivity index (χ4n) is 2.37. The third-order valence-corrected chi connectivity index (χ3v) is 4.03. The molecule has 0 atom stereocenters. The molecule has 0 amide bonds. The minimum Gasteiger partial charge on any atom is -0.489 e. The van der Waals surface area contributed by atoms with Crippen LogP contribution >= 0.6 is 11.6 Å². The van der Waals surface area contributed by atoms with Crippen LogP contribution in [0.1, 0.15) is 11.1 Å². The Morgan fingerprint density at radius 3 is 2.35 bits per heavy atom. The quantitative estimate of drug-likeness (QED) is 0.557. The van der Waals surface area contributed by atoms with Crippen molar-refractivity contribution in [3.63, 3.8) is 0 Å². The highest BCUT2D eigenvalue weighted by molar-refractivity contribution is 6.33. The van der Waals surface area contributed by atoms with Gasteiger partial charge in [0.1, 0.15) is 24.1 Å². The zero-order chi connectivity index (χ0) is 18.2. The molecule has 0 heterocycles. The summed E-state index contributed by atoms with van der Waals surface area (Å²) in [7, 11) is 0. The number of halogens is 1. The molecule has 0 unspecified atom stereocenters. The lowest BCUT2D eigenvalue weighted by Gasteiger charge is -2.08. The van der Waals surface area contributed by atoms with Gasteiger partial charge in [-0.1, -0.05) is 66.2 Å². The number of allylic oxidation sites excluding steroid dienone is 1. The first-order valence-corrected chi connectivity index (χ1v) is 8.52. The molecule has 0 bridgehead atoms. The molecule has 4 heteroatoms. The molecule has 3 nitrogen and oxygen atoms in total. The average Bonchev–Trinajstić information content (AvgIpc) is 2.69. The molecular weight excluding hydrogens is 344 g/mol. The summed E-state index contributed by atoms with van der Waals surface area (Å²) >= 11 is 6.12. The van der Waals surface area contributed by atoms with E-state index in [2.05, 4.69) is 11.4 Å². The normalized spacial score (nSPS) is 10.8. The van der Waals surface area contributed by atoms with Gasteiger partial charge >= 0.3 is 0 Å². The van der Waals surface area contributed by atoms with Gasteiger partial charge < -0.3 is 10.1 Å². The molecule has 0 saturated carbocycles. The zero-order valence-corrected chi connectivity index (χ0v) is 14.8. The van der Waals surface area contributed by atoms with Crippen LogP contribution in [0.15, 0.2) is 84.6 Å². The van der Waals surface area contributed by atoms with Gasteiger partial charge in [-0.25, -0.2) is 0 Å². The molecule has 0 aliphatic carbocycles. The van der Waals surface area contributed by atoms with Gasteiger partial charge in [0.15, 0.2) is 0 Å². The summed E-state index contributed by atoms with van der Waals surface area (Å²) in [6.07, 6.45) is 1.77. The van der Waals surface area contributed by atoms with Gasteiger partial charge in [-0.05, 0) is 41.5 Å². The van der Waals surface area contributed by atoms with Crippen molar-refractivity contribution in [1.29, 1.82) is 5.26 Å². The number of anilines is 1. The van der Waals surface area contributed by atoms with Crippen molar-refractivity contribution in [2.45, 2.75) is 6.61 Å². The van der Waals surface area contributed by atoms with Crippen molar-refractivity contribution in [1.82, 2.24) is 0 Å². The van der Waals surface area contributed by atoms with Gasteiger partial charge in [0.25, 0.3) is 0 Å². The Hall–Kier alpha value is -3.22. The second kappa shape index (κ2) is 8.75. The van der Waals surface area contributed by atoms with E-state index in [1.165, 1.54) is 0 Å². The lowest BCUT2D eigenvalue weighted by molar-refractivity contribution is 0.306. The van der Waals surface area contributed by atoms with Crippen LogP contribution in [-0.2, 0) is 6.61 Å². The molecule has 0 fully saturated rings. The number of nitriles is 1. The first kappa shape index (κ1) is 17.6. The Kier molecular flexibility index (Phi) is 5.92. The Balaban J connectivity index is 1.66. The molecule has 0 saturated heterocycles. The summed E-state index contributed by atoms with van der Waals surface area (Å²) in [5, 5.41) is 13.0. The highest BCUT2D eigenvalue weighted by atomic mass is 35.5. The summed E-state index contributed by atoms with van der Waals surface area (Å²) in [6, 6.07) is 27.1. The Labute approximate surface area is 158 Å². The minimum absolute atomic E-state index is 0.413. The largest absolute Gasteiger partial charge is 0.489 e. The summed E-state index contributed by atoms with van der Waals surface area (Å²) in [6.45, 7) is 0.521. The zero-order valence-electron chi connectivity index (χ0n) is 14.0. The van der Waals surface area contributed by atoms with Crippen LogP contribution in [0.2, 0.25) is 5.02 Å². The average molecular weight is 361 g/mol. The maximum absolute atomic E-state index is 9.36. The first-order chi connectivity index (χ1) is 12.7. The van der Waals surface area contributed by atoms with E-state index in [9.17, 15) is 5.26 Å². The van der Waals surface area contributed by atoms with Crippen molar-refractivity contribution in [2.24, 2.45) is 0 Å². The number of para-hydroxylation sites is 1. The van der Waals surface area contributed by atoms with Crippen molar-refractivity contribution in [2.75, 3.05) is 5.32 Å². The van der Waals surface area contributed by atoms with Crippen LogP contribution in [0.25, 0.3) is 6.08 Å². The number of hydrogen-bond acceptors (Lipinski definition) is 3. The standard InChI is InChI=1S/C22H17ClN2O/c23-21-8-4-5-9-22(21)25-19(15-24)14-17-10-12-20(13-11-17)26-16-18-6-2-1-3-7-18/h1-14,25H,16H2. The highest BCUT2D eigenvalue weighted by Gasteiger charge is 2.02. The van der Waals surface area contributed by atoms with Crippen molar-refractivity contribution >= 4 is 23.4 Å². The maximum Gasteiger partial charge on any atom is 0.119 e. The molecule has 3 aromatic carbocycles. The SMILES string of the molecule is N#CC(=Cc1ccc(OCc2ccccc2)cc1)Nc1ccccc1Cl. The van der Waals surface area contributed by atoms with E-state index in [1.807, 2.05) is 72.8 Å². The minimum atomic E-state index is 0.413. The molecule has 0 radical (unpaired) electrons. The Morgan fingerprint density at radius 1 is 0.962 bits per heavy atom. The summed E-state index contributed by atoms with van der Waals surface area (Å²) in [4.78, 5) is 0. The molecule has 0 aliphatic heterocycles. The van der Waals surface area contributed by atoms with Crippen LogP contribution in [0.5, 0.6) is 5.75 Å². The smallest absolute Gasteiger partial charge is 0.119 e. The number of benzene rings is 3. The molecular formula is C22H17ClN2O. The van der Waals surface area contributed by atoms with Crippen molar-refractivity contribution in [3.05, 3.63) is 101 Å². The molecule has 1 N–H and O–H groups in total. The highest BCUT2D eigenvalue weighted by Crippen LogP contribution is 2.23.